The van der Waals surface area contributed by atoms with Gasteiger partial charge >= 0.3 is 6.18 Å². The number of amides is 1. The summed E-state index contributed by atoms with van der Waals surface area (Å²) in [6.07, 6.45) is -2.80. The molecule has 1 atom stereocenters. The van der Waals surface area contributed by atoms with E-state index in [1.807, 2.05) is 16.7 Å². The first kappa shape index (κ1) is 22.7. The molecule has 1 N–H and O–H groups in total. The molecular weight excluding hydrogens is 440 g/mol. The topological polar surface area (TPSA) is 48.5 Å². The van der Waals surface area contributed by atoms with Crippen molar-refractivity contribution in [1.29, 1.82) is 0 Å². The third-order valence-electron chi connectivity index (χ3n) is 5.05. The van der Waals surface area contributed by atoms with Gasteiger partial charge in [-0.25, -0.2) is 4.98 Å². The van der Waals surface area contributed by atoms with Crippen molar-refractivity contribution in [2.75, 3.05) is 36.4 Å². The number of hydrogen-bond donors (Lipinski definition) is 1. The molecule has 0 unspecified atom stereocenters. The maximum Gasteiger partial charge on any atom is 0.417 e. The number of aromatic nitrogens is 1. The molecule has 0 bridgehead atoms. The van der Waals surface area contributed by atoms with Crippen molar-refractivity contribution in [3.63, 3.8) is 0 Å². The molecule has 0 spiro atoms. The lowest BCUT2D eigenvalue weighted by molar-refractivity contribution is -0.137. The Hall–Kier alpha value is -2.03. The van der Waals surface area contributed by atoms with Crippen molar-refractivity contribution in [3.05, 3.63) is 52.1 Å². The van der Waals surface area contributed by atoms with Crippen LogP contribution in [0.3, 0.4) is 0 Å². The number of nitrogens with one attached hydrogen (secondary N) is 1. The number of benzene rings is 1. The maximum atomic E-state index is 12.7. The normalized spacial score (nSPS) is 16.8. The Balaban J connectivity index is 1.60. The fourth-order valence-electron chi connectivity index (χ4n) is 3.29. The van der Waals surface area contributed by atoms with Gasteiger partial charge in [-0.05, 0) is 43.7 Å². The SMILES string of the molecule is C[C@@H](C(=O)Nc1ccc(Cl)cc1Cl)N1CCCN(c2ccc(C(F)(F)F)cn2)CC1. The van der Waals surface area contributed by atoms with Crippen LogP contribution in [0.2, 0.25) is 10.0 Å². The highest BCUT2D eigenvalue weighted by Crippen LogP contribution is 2.29. The summed E-state index contributed by atoms with van der Waals surface area (Å²) < 4.78 is 38.2. The van der Waals surface area contributed by atoms with Gasteiger partial charge in [-0.15, -0.1) is 0 Å². The summed E-state index contributed by atoms with van der Waals surface area (Å²) in [5.41, 5.74) is -0.280. The summed E-state index contributed by atoms with van der Waals surface area (Å²) in [6, 6.07) is 6.88. The molecule has 1 aliphatic heterocycles. The van der Waals surface area contributed by atoms with Crippen LogP contribution in [-0.2, 0) is 11.0 Å². The van der Waals surface area contributed by atoms with Crippen LogP contribution in [-0.4, -0.2) is 48.0 Å². The molecule has 1 fully saturated rings. The van der Waals surface area contributed by atoms with Crippen molar-refractivity contribution in [2.24, 2.45) is 0 Å². The van der Waals surface area contributed by atoms with Gasteiger partial charge in [0, 0.05) is 37.4 Å². The van der Waals surface area contributed by atoms with Crippen LogP contribution < -0.4 is 10.2 Å². The van der Waals surface area contributed by atoms with Crippen molar-refractivity contribution < 1.29 is 18.0 Å². The molecular formula is C20H21Cl2F3N4O. The first-order chi connectivity index (χ1) is 14.1. The Morgan fingerprint density at radius 1 is 1.13 bits per heavy atom. The zero-order valence-corrected chi connectivity index (χ0v) is 17.7. The van der Waals surface area contributed by atoms with Crippen LogP contribution in [0, 0.1) is 0 Å². The Kier molecular flexibility index (Phi) is 7.10. The first-order valence-electron chi connectivity index (χ1n) is 9.43. The highest BCUT2D eigenvalue weighted by Gasteiger charge is 2.31. The van der Waals surface area contributed by atoms with E-state index >= 15 is 0 Å². The van der Waals surface area contributed by atoms with Crippen LogP contribution in [0.15, 0.2) is 36.5 Å². The fourth-order valence-corrected chi connectivity index (χ4v) is 3.74. The van der Waals surface area contributed by atoms with Gasteiger partial charge in [0.2, 0.25) is 5.91 Å². The third kappa shape index (κ3) is 5.56. The highest BCUT2D eigenvalue weighted by molar-refractivity contribution is 6.36. The molecule has 1 saturated heterocycles. The molecule has 0 saturated carbocycles. The summed E-state index contributed by atoms with van der Waals surface area (Å²) in [5, 5.41) is 3.66. The predicted molar refractivity (Wildman–Crippen MR) is 112 cm³/mol. The molecule has 10 heteroatoms. The second-order valence-electron chi connectivity index (χ2n) is 7.07. The zero-order chi connectivity index (χ0) is 21.9. The number of carbonyl (C=O) groups excluding carboxylic acids is 1. The number of carbonyl (C=O) groups is 1. The summed E-state index contributed by atoms with van der Waals surface area (Å²) >= 11 is 12.0. The fraction of sp³-hybridized carbons (Fsp3) is 0.400. The predicted octanol–water partition coefficient (Wildman–Crippen LogP) is 4.95. The van der Waals surface area contributed by atoms with Crippen LogP contribution in [0.25, 0.3) is 0 Å². The largest absolute Gasteiger partial charge is 0.417 e. The van der Waals surface area contributed by atoms with E-state index in [0.29, 0.717) is 47.7 Å². The van der Waals surface area contributed by atoms with Gasteiger partial charge < -0.3 is 10.2 Å². The molecule has 30 heavy (non-hydrogen) atoms. The lowest BCUT2D eigenvalue weighted by Crippen LogP contribution is -2.44. The van der Waals surface area contributed by atoms with Crippen LogP contribution in [0.1, 0.15) is 18.9 Å². The smallest absolute Gasteiger partial charge is 0.355 e. The van der Waals surface area contributed by atoms with E-state index in [1.165, 1.54) is 6.07 Å². The lowest BCUT2D eigenvalue weighted by Gasteiger charge is -2.27. The second-order valence-corrected chi connectivity index (χ2v) is 7.91. The van der Waals surface area contributed by atoms with Gasteiger partial charge in [0.1, 0.15) is 5.82 Å². The molecule has 1 amide bonds. The second kappa shape index (κ2) is 9.41. The molecule has 5 nitrogen and oxygen atoms in total. The minimum absolute atomic E-state index is 0.194. The monoisotopic (exact) mass is 460 g/mol. The first-order valence-corrected chi connectivity index (χ1v) is 10.2. The number of halogens is 5. The standard InChI is InChI=1S/C20H21Cl2F3N4O/c1-13(19(30)27-17-5-4-15(21)11-16(17)22)28-7-2-8-29(10-9-28)18-6-3-14(12-26-18)20(23,24)25/h3-6,11-13H,2,7-10H2,1H3,(H,27,30)/t13-/m0/s1. The number of rotatable bonds is 4. The molecule has 2 heterocycles. The van der Waals surface area contributed by atoms with Gasteiger partial charge in [-0.1, -0.05) is 23.2 Å². The van der Waals surface area contributed by atoms with Crippen LogP contribution in [0.5, 0.6) is 0 Å². The minimum Gasteiger partial charge on any atom is -0.355 e. The molecule has 162 valence electrons. The van der Waals surface area contributed by atoms with Gasteiger partial charge in [-0.2, -0.15) is 13.2 Å². The number of pyridine rings is 1. The summed E-state index contributed by atoms with van der Waals surface area (Å²) in [4.78, 5) is 20.6. The van der Waals surface area contributed by atoms with E-state index in [9.17, 15) is 18.0 Å². The molecule has 1 aromatic carbocycles. The average molecular weight is 461 g/mol. The van der Waals surface area contributed by atoms with Crippen LogP contribution in [0.4, 0.5) is 24.7 Å². The Bertz CT molecular complexity index is 893. The number of hydrogen-bond acceptors (Lipinski definition) is 4. The van der Waals surface area contributed by atoms with Gasteiger partial charge in [0.05, 0.1) is 22.3 Å². The Labute approximate surface area is 182 Å². The summed E-state index contributed by atoms with van der Waals surface area (Å²) in [5.74, 6) is 0.301. The number of anilines is 2. The molecule has 1 aromatic heterocycles. The number of alkyl halides is 3. The summed E-state index contributed by atoms with van der Waals surface area (Å²) in [6.45, 7) is 4.26. The molecule has 0 aliphatic carbocycles. The molecule has 1 aliphatic rings. The zero-order valence-electron chi connectivity index (χ0n) is 16.2. The molecule has 2 aromatic rings. The lowest BCUT2D eigenvalue weighted by atomic mass is 10.2. The highest BCUT2D eigenvalue weighted by atomic mass is 35.5. The summed E-state index contributed by atoms with van der Waals surface area (Å²) in [7, 11) is 0. The van der Waals surface area contributed by atoms with E-state index < -0.39 is 17.8 Å². The quantitative estimate of drug-likeness (QED) is 0.701. The Morgan fingerprint density at radius 2 is 1.90 bits per heavy atom. The van der Waals surface area contributed by atoms with Gasteiger partial charge in [0.25, 0.3) is 0 Å². The molecule has 0 radical (unpaired) electrons. The minimum atomic E-state index is -4.41. The maximum absolute atomic E-state index is 12.7. The van der Waals surface area contributed by atoms with Crippen molar-refractivity contribution in [2.45, 2.75) is 25.6 Å². The Morgan fingerprint density at radius 3 is 2.53 bits per heavy atom. The van der Waals surface area contributed by atoms with Crippen molar-refractivity contribution >= 4 is 40.6 Å². The van der Waals surface area contributed by atoms with Gasteiger partial charge in [0.15, 0.2) is 0 Å². The van der Waals surface area contributed by atoms with Crippen LogP contribution >= 0.6 is 23.2 Å². The van der Waals surface area contributed by atoms with E-state index in [0.717, 1.165) is 18.7 Å². The van der Waals surface area contributed by atoms with Gasteiger partial charge in [-0.3, -0.25) is 9.69 Å². The van der Waals surface area contributed by atoms with E-state index in [2.05, 4.69) is 10.3 Å². The van der Waals surface area contributed by atoms with E-state index in [1.54, 1.807) is 18.2 Å². The van der Waals surface area contributed by atoms with Crippen molar-refractivity contribution in [3.8, 4) is 0 Å². The molecule has 3 rings (SSSR count). The average Bonchev–Trinajstić information content (AvgIpc) is 2.95. The third-order valence-corrected chi connectivity index (χ3v) is 5.59. The van der Waals surface area contributed by atoms with E-state index in [4.69, 9.17) is 23.2 Å². The van der Waals surface area contributed by atoms with E-state index in [-0.39, 0.29) is 5.91 Å². The van der Waals surface area contributed by atoms with Crippen molar-refractivity contribution in [1.82, 2.24) is 9.88 Å². The number of nitrogens with zero attached hydrogens (tertiary/aromatic N) is 3.